The number of pyridine rings is 1. The van der Waals surface area contributed by atoms with Crippen LogP contribution in [0.15, 0.2) is 12.3 Å². The Bertz CT molecular complexity index is 604. The second kappa shape index (κ2) is 5.02. The minimum atomic E-state index is -4.43. The van der Waals surface area contributed by atoms with Crippen LogP contribution in [0.2, 0.25) is 5.02 Å². The molecule has 2 aromatic rings. The van der Waals surface area contributed by atoms with Gasteiger partial charge < -0.3 is 10.1 Å². The Labute approximate surface area is 113 Å². The van der Waals surface area contributed by atoms with Crippen LogP contribution in [0.3, 0.4) is 0 Å². The molecule has 0 atom stereocenters. The van der Waals surface area contributed by atoms with Gasteiger partial charge in [-0.05, 0) is 32.4 Å². The molecule has 2 N–H and O–H groups in total. The fraction of sp³-hybridized carbons (Fsp3) is 0.417. The summed E-state index contributed by atoms with van der Waals surface area (Å²) in [5.41, 5.74) is 6.39. The van der Waals surface area contributed by atoms with Gasteiger partial charge in [-0.25, -0.2) is 4.98 Å². The molecule has 104 valence electrons. The number of imidazole rings is 1. The van der Waals surface area contributed by atoms with E-state index in [1.807, 2.05) is 0 Å². The van der Waals surface area contributed by atoms with Gasteiger partial charge in [0.15, 0.2) is 5.65 Å². The van der Waals surface area contributed by atoms with Crippen LogP contribution in [0.5, 0.6) is 0 Å². The van der Waals surface area contributed by atoms with Crippen molar-refractivity contribution >= 4 is 17.2 Å². The predicted molar refractivity (Wildman–Crippen MR) is 67.3 cm³/mol. The number of aryl methyl sites for hydroxylation is 2. The molecule has 2 aromatic heterocycles. The van der Waals surface area contributed by atoms with Gasteiger partial charge in [0.1, 0.15) is 0 Å². The predicted octanol–water partition coefficient (Wildman–Crippen LogP) is 3.21. The standard InChI is InChI=1S/C12H13ClF3N3/c1-7-10(3-2-4-17)19-6-8(12(14,15)16)5-9(13)11(19)18-7/h5-6H,2-4,17H2,1H3. The van der Waals surface area contributed by atoms with Gasteiger partial charge in [0, 0.05) is 11.9 Å². The second-order valence-corrected chi connectivity index (χ2v) is 4.71. The van der Waals surface area contributed by atoms with Crippen molar-refractivity contribution in [1.29, 1.82) is 0 Å². The largest absolute Gasteiger partial charge is 0.417 e. The normalized spacial score (nSPS) is 12.3. The molecule has 2 heterocycles. The number of fused-ring (bicyclic) bond motifs is 1. The molecule has 0 spiro atoms. The Morgan fingerprint density at radius 1 is 1.42 bits per heavy atom. The smallest absolute Gasteiger partial charge is 0.330 e. The number of nitrogens with zero attached hydrogens (tertiary/aromatic N) is 2. The van der Waals surface area contributed by atoms with Crippen molar-refractivity contribution in [3.05, 3.63) is 34.2 Å². The van der Waals surface area contributed by atoms with Gasteiger partial charge in [-0.3, -0.25) is 0 Å². The monoisotopic (exact) mass is 291 g/mol. The summed E-state index contributed by atoms with van der Waals surface area (Å²) in [7, 11) is 0. The molecule has 0 amide bonds. The highest BCUT2D eigenvalue weighted by molar-refractivity contribution is 6.33. The van der Waals surface area contributed by atoms with Crippen molar-refractivity contribution in [3.8, 4) is 0 Å². The Morgan fingerprint density at radius 3 is 2.68 bits per heavy atom. The van der Waals surface area contributed by atoms with Crippen molar-refractivity contribution < 1.29 is 13.2 Å². The third-order valence-electron chi connectivity index (χ3n) is 2.92. The van der Waals surface area contributed by atoms with Crippen molar-refractivity contribution in [3.63, 3.8) is 0 Å². The Hall–Kier alpha value is -1.27. The lowest BCUT2D eigenvalue weighted by atomic mass is 10.2. The molecule has 0 aliphatic rings. The van der Waals surface area contributed by atoms with Crippen LogP contribution in [0.4, 0.5) is 13.2 Å². The van der Waals surface area contributed by atoms with Crippen LogP contribution in [-0.4, -0.2) is 15.9 Å². The first kappa shape index (κ1) is 14.1. The number of halogens is 4. The van der Waals surface area contributed by atoms with Crippen LogP contribution >= 0.6 is 11.6 Å². The third-order valence-corrected chi connectivity index (χ3v) is 3.20. The van der Waals surface area contributed by atoms with E-state index in [2.05, 4.69) is 4.98 Å². The van der Waals surface area contributed by atoms with Crippen molar-refractivity contribution in [2.45, 2.75) is 25.9 Å². The lowest BCUT2D eigenvalue weighted by molar-refractivity contribution is -0.137. The van der Waals surface area contributed by atoms with Crippen LogP contribution in [0.25, 0.3) is 5.65 Å². The molecule has 0 aliphatic heterocycles. The van der Waals surface area contributed by atoms with E-state index in [4.69, 9.17) is 17.3 Å². The average Bonchev–Trinajstić information content (AvgIpc) is 2.62. The molecule has 19 heavy (non-hydrogen) atoms. The minimum absolute atomic E-state index is 0.00285. The number of aromatic nitrogens is 2. The van der Waals surface area contributed by atoms with E-state index in [0.717, 1.165) is 12.3 Å². The van der Waals surface area contributed by atoms with Crippen molar-refractivity contribution in [1.82, 2.24) is 9.38 Å². The van der Waals surface area contributed by atoms with Gasteiger partial charge in [-0.1, -0.05) is 11.6 Å². The van der Waals surface area contributed by atoms with E-state index in [1.54, 1.807) is 6.92 Å². The average molecular weight is 292 g/mol. The quantitative estimate of drug-likeness (QED) is 0.943. The molecule has 0 saturated heterocycles. The Kier molecular flexibility index (Phi) is 3.73. The first-order chi connectivity index (χ1) is 8.84. The van der Waals surface area contributed by atoms with Crippen LogP contribution in [0, 0.1) is 6.92 Å². The maximum absolute atomic E-state index is 12.8. The molecule has 0 radical (unpaired) electrons. The van der Waals surface area contributed by atoms with Gasteiger partial charge in [0.05, 0.1) is 16.3 Å². The lowest BCUT2D eigenvalue weighted by Gasteiger charge is -2.09. The third kappa shape index (κ3) is 2.69. The highest BCUT2D eigenvalue weighted by Crippen LogP contribution is 2.33. The Balaban J connectivity index is 2.63. The number of hydrogen-bond donors (Lipinski definition) is 1. The zero-order chi connectivity index (χ0) is 14.2. The van der Waals surface area contributed by atoms with Gasteiger partial charge in [-0.15, -0.1) is 0 Å². The number of alkyl halides is 3. The van der Waals surface area contributed by atoms with E-state index in [-0.39, 0.29) is 5.02 Å². The summed E-state index contributed by atoms with van der Waals surface area (Å²) in [6.45, 7) is 2.22. The fourth-order valence-corrected chi connectivity index (χ4v) is 2.24. The summed E-state index contributed by atoms with van der Waals surface area (Å²) in [5, 5.41) is -0.00285. The van der Waals surface area contributed by atoms with E-state index in [9.17, 15) is 13.2 Å². The fourth-order valence-electron chi connectivity index (χ4n) is 1.99. The second-order valence-electron chi connectivity index (χ2n) is 4.30. The van der Waals surface area contributed by atoms with Crippen molar-refractivity contribution in [2.75, 3.05) is 6.54 Å². The molecule has 0 unspecified atom stereocenters. The maximum atomic E-state index is 12.8. The first-order valence-corrected chi connectivity index (χ1v) is 6.16. The zero-order valence-corrected chi connectivity index (χ0v) is 11.0. The molecule has 7 heteroatoms. The molecule has 0 aromatic carbocycles. The summed E-state index contributed by atoms with van der Waals surface area (Å²) in [5.74, 6) is 0. The van der Waals surface area contributed by atoms with Gasteiger partial charge >= 0.3 is 6.18 Å². The molecule has 0 aliphatic carbocycles. The topological polar surface area (TPSA) is 43.3 Å². The van der Waals surface area contributed by atoms with E-state index < -0.39 is 11.7 Å². The molecule has 0 saturated carbocycles. The molecule has 0 bridgehead atoms. The molecular weight excluding hydrogens is 279 g/mol. The SMILES string of the molecule is Cc1nc2c(Cl)cc(C(F)(F)F)cn2c1CCCN. The van der Waals surface area contributed by atoms with Crippen LogP contribution in [-0.2, 0) is 12.6 Å². The lowest BCUT2D eigenvalue weighted by Crippen LogP contribution is -2.08. The van der Waals surface area contributed by atoms with Gasteiger partial charge in [-0.2, -0.15) is 13.2 Å². The number of hydrogen-bond acceptors (Lipinski definition) is 2. The summed E-state index contributed by atoms with van der Waals surface area (Å²) in [6, 6.07) is 0.899. The Morgan fingerprint density at radius 2 is 2.11 bits per heavy atom. The minimum Gasteiger partial charge on any atom is -0.330 e. The van der Waals surface area contributed by atoms with E-state index in [1.165, 1.54) is 4.40 Å². The molecular formula is C12H13ClF3N3. The summed E-state index contributed by atoms with van der Waals surface area (Å²) >= 11 is 5.88. The van der Waals surface area contributed by atoms with E-state index >= 15 is 0 Å². The molecule has 0 fully saturated rings. The number of nitrogens with two attached hydrogens (primary N) is 1. The summed E-state index contributed by atoms with van der Waals surface area (Å²) in [6.07, 6.45) is -2.14. The summed E-state index contributed by atoms with van der Waals surface area (Å²) in [4.78, 5) is 4.21. The van der Waals surface area contributed by atoms with E-state index in [0.29, 0.717) is 36.4 Å². The summed E-state index contributed by atoms with van der Waals surface area (Å²) < 4.78 is 39.7. The zero-order valence-electron chi connectivity index (χ0n) is 10.3. The van der Waals surface area contributed by atoms with Crippen LogP contribution in [0.1, 0.15) is 23.4 Å². The van der Waals surface area contributed by atoms with Crippen LogP contribution < -0.4 is 5.73 Å². The highest BCUT2D eigenvalue weighted by atomic mass is 35.5. The number of rotatable bonds is 3. The van der Waals surface area contributed by atoms with Gasteiger partial charge in [0.2, 0.25) is 0 Å². The van der Waals surface area contributed by atoms with Gasteiger partial charge in [0.25, 0.3) is 0 Å². The highest BCUT2D eigenvalue weighted by Gasteiger charge is 2.32. The van der Waals surface area contributed by atoms with Crippen molar-refractivity contribution in [2.24, 2.45) is 5.73 Å². The first-order valence-electron chi connectivity index (χ1n) is 5.79. The maximum Gasteiger partial charge on any atom is 0.417 e. The molecule has 3 nitrogen and oxygen atoms in total. The molecule has 2 rings (SSSR count).